The summed E-state index contributed by atoms with van der Waals surface area (Å²) >= 11 is 0. The van der Waals surface area contributed by atoms with Crippen LogP contribution >= 0.6 is 0 Å². The fraction of sp³-hybridized carbons (Fsp3) is 0.286. The molecule has 1 aromatic carbocycles. The van der Waals surface area contributed by atoms with Gasteiger partial charge >= 0.3 is 0 Å². The lowest BCUT2D eigenvalue weighted by atomic mass is 10.1. The van der Waals surface area contributed by atoms with Crippen LogP contribution in [0, 0.1) is 0 Å². The van der Waals surface area contributed by atoms with Gasteiger partial charge in [0.25, 0.3) is 5.56 Å². The maximum atomic E-state index is 11.7. The Bertz CT molecular complexity index is 572. The predicted molar refractivity (Wildman–Crippen MR) is 72.6 cm³/mol. The number of nitrogens with zero attached hydrogens (tertiary/aromatic N) is 2. The van der Waals surface area contributed by atoms with Crippen molar-refractivity contribution in [3.63, 3.8) is 0 Å². The van der Waals surface area contributed by atoms with Crippen molar-refractivity contribution in [2.45, 2.75) is 19.9 Å². The van der Waals surface area contributed by atoms with Gasteiger partial charge in [-0.2, -0.15) is 0 Å². The second kappa shape index (κ2) is 5.49. The molecule has 18 heavy (non-hydrogen) atoms. The molecule has 1 aromatic heterocycles. The van der Waals surface area contributed by atoms with Crippen LogP contribution in [0.3, 0.4) is 0 Å². The zero-order chi connectivity index (χ0) is 13.0. The van der Waals surface area contributed by atoms with Crippen molar-refractivity contribution < 1.29 is 0 Å². The van der Waals surface area contributed by atoms with E-state index in [1.54, 1.807) is 19.4 Å². The zero-order valence-electron chi connectivity index (χ0n) is 10.7. The van der Waals surface area contributed by atoms with Gasteiger partial charge in [0.05, 0.1) is 0 Å². The minimum atomic E-state index is -0.109. The average Bonchev–Trinajstić information content (AvgIpc) is 2.41. The fourth-order valence-corrected chi connectivity index (χ4v) is 1.70. The van der Waals surface area contributed by atoms with Crippen molar-refractivity contribution in [3.8, 4) is 0 Å². The molecule has 0 aliphatic heterocycles. The first-order chi connectivity index (χ1) is 8.70. The maximum absolute atomic E-state index is 11.7. The van der Waals surface area contributed by atoms with Gasteiger partial charge in [-0.25, -0.2) is 4.98 Å². The largest absolute Gasteiger partial charge is 0.361 e. The number of aryl methyl sites for hydroxylation is 2. The number of benzene rings is 1. The molecule has 1 heterocycles. The molecule has 94 valence electrons. The molecule has 0 fully saturated rings. The van der Waals surface area contributed by atoms with Crippen molar-refractivity contribution in [1.82, 2.24) is 9.55 Å². The van der Waals surface area contributed by atoms with Gasteiger partial charge < -0.3 is 9.88 Å². The molecule has 0 radical (unpaired) electrons. The van der Waals surface area contributed by atoms with Gasteiger partial charge in [0.2, 0.25) is 0 Å². The molecule has 1 N–H and O–H groups in total. The van der Waals surface area contributed by atoms with Gasteiger partial charge in [0.15, 0.2) is 5.82 Å². The van der Waals surface area contributed by atoms with E-state index in [4.69, 9.17) is 0 Å². The highest BCUT2D eigenvalue weighted by Crippen LogP contribution is 2.06. The van der Waals surface area contributed by atoms with Crippen LogP contribution in [-0.4, -0.2) is 9.55 Å². The molecule has 4 nitrogen and oxygen atoms in total. The van der Waals surface area contributed by atoms with E-state index in [1.165, 1.54) is 10.1 Å². The molecule has 0 aliphatic rings. The molecule has 4 heteroatoms. The van der Waals surface area contributed by atoms with Crippen LogP contribution in [0.5, 0.6) is 0 Å². The second-order valence-electron chi connectivity index (χ2n) is 4.22. The third-order valence-corrected chi connectivity index (χ3v) is 2.91. The third-order valence-electron chi connectivity index (χ3n) is 2.91. The van der Waals surface area contributed by atoms with Crippen molar-refractivity contribution >= 4 is 5.82 Å². The van der Waals surface area contributed by atoms with E-state index in [1.807, 2.05) is 0 Å². The monoisotopic (exact) mass is 243 g/mol. The minimum Gasteiger partial charge on any atom is -0.361 e. The standard InChI is InChI=1S/C14H17N3O/c1-3-11-4-6-12(7-5-11)10-16-13-14(18)17(2)9-8-15-13/h4-9H,3,10H2,1-2H3,(H,15,16). The maximum Gasteiger partial charge on any atom is 0.293 e. The highest BCUT2D eigenvalue weighted by Gasteiger charge is 2.01. The molecular weight excluding hydrogens is 226 g/mol. The van der Waals surface area contributed by atoms with Crippen molar-refractivity contribution in [1.29, 1.82) is 0 Å². The first kappa shape index (κ1) is 12.4. The number of hydrogen-bond acceptors (Lipinski definition) is 3. The van der Waals surface area contributed by atoms with Crippen LogP contribution < -0.4 is 10.9 Å². The smallest absolute Gasteiger partial charge is 0.293 e. The Morgan fingerprint density at radius 1 is 1.22 bits per heavy atom. The molecule has 0 unspecified atom stereocenters. The highest BCUT2D eigenvalue weighted by atomic mass is 16.1. The number of rotatable bonds is 4. The Balaban J connectivity index is 2.07. The molecule has 2 rings (SSSR count). The van der Waals surface area contributed by atoms with Gasteiger partial charge in [-0.05, 0) is 17.5 Å². The summed E-state index contributed by atoms with van der Waals surface area (Å²) in [6, 6.07) is 8.35. The Morgan fingerprint density at radius 3 is 2.56 bits per heavy atom. The van der Waals surface area contributed by atoms with E-state index < -0.39 is 0 Å². The van der Waals surface area contributed by atoms with Crippen LogP contribution in [0.25, 0.3) is 0 Å². The lowest BCUT2D eigenvalue weighted by Crippen LogP contribution is -2.21. The first-order valence-corrected chi connectivity index (χ1v) is 6.04. The van der Waals surface area contributed by atoms with Gasteiger partial charge in [-0.1, -0.05) is 31.2 Å². The van der Waals surface area contributed by atoms with Gasteiger partial charge in [0.1, 0.15) is 0 Å². The zero-order valence-corrected chi connectivity index (χ0v) is 10.7. The summed E-state index contributed by atoms with van der Waals surface area (Å²) in [4.78, 5) is 15.8. The van der Waals surface area contributed by atoms with Gasteiger partial charge in [-0.15, -0.1) is 0 Å². The Morgan fingerprint density at radius 2 is 1.89 bits per heavy atom. The number of aromatic nitrogens is 2. The second-order valence-corrected chi connectivity index (χ2v) is 4.22. The topological polar surface area (TPSA) is 46.9 Å². The van der Waals surface area contributed by atoms with Crippen LogP contribution in [0.15, 0.2) is 41.5 Å². The lowest BCUT2D eigenvalue weighted by molar-refractivity contribution is 0.839. The molecular formula is C14H17N3O. The summed E-state index contributed by atoms with van der Waals surface area (Å²) in [5, 5.41) is 3.06. The van der Waals surface area contributed by atoms with E-state index in [0.29, 0.717) is 12.4 Å². The van der Waals surface area contributed by atoms with E-state index in [-0.39, 0.29) is 5.56 Å². The molecule has 0 saturated carbocycles. The summed E-state index contributed by atoms with van der Waals surface area (Å²) in [6.07, 6.45) is 4.29. The van der Waals surface area contributed by atoms with Crippen molar-refractivity contribution in [2.75, 3.05) is 5.32 Å². The Labute approximate surface area is 106 Å². The molecule has 0 spiro atoms. The van der Waals surface area contributed by atoms with E-state index in [9.17, 15) is 4.79 Å². The normalized spacial score (nSPS) is 10.3. The van der Waals surface area contributed by atoms with Crippen molar-refractivity contribution in [3.05, 3.63) is 58.1 Å². The van der Waals surface area contributed by atoms with E-state index in [2.05, 4.69) is 41.5 Å². The highest BCUT2D eigenvalue weighted by molar-refractivity contribution is 5.33. The summed E-state index contributed by atoms with van der Waals surface area (Å²) in [5.74, 6) is 0.388. The SMILES string of the molecule is CCc1ccc(CNc2nccn(C)c2=O)cc1. The number of anilines is 1. The Kier molecular flexibility index (Phi) is 3.77. The molecule has 0 amide bonds. The number of nitrogens with one attached hydrogen (secondary N) is 1. The third kappa shape index (κ3) is 2.77. The lowest BCUT2D eigenvalue weighted by Gasteiger charge is -2.06. The summed E-state index contributed by atoms with van der Waals surface area (Å²) < 4.78 is 1.51. The number of hydrogen-bond donors (Lipinski definition) is 1. The molecule has 0 saturated heterocycles. The molecule has 0 aliphatic carbocycles. The van der Waals surface area contributed by atoms with Crippen LogP contribution in [0.1, 0.15) is 18.1 Å². The summed E-state index contributed by atoms with van der Waals surface area (Å²) in [6.45, 7) is 2.74. The quantitative estimate of drug-likeness (QED) is 0.893. The minimum absolute atomic E-state index is 0.109. The summed E-state index contributed by atoms with van der Waals surface area (Å²) in [5.41, 5.74) is 2.34. The molecule has 0 atom stereocenters. The fourth-order valence-electron chi connectivity index (χ4n) is 1.70. The average molecular weight is 243 g/mol. The van der Waals surface area contributed by atoms with Crippen LogP contribution in [0.2, 0.25) is 0 Å². The van der Waals surface area contributed by atoms with Gasteiger partial charge in [0, 0.05) is 26.0 Å². The molecule has 0 bridgehead atoms. The van der Waals surface area contributed by atoms with E-state index in [0.717, 1.165) is 12.0 Å². The predicted octanol–water partition coefficient (Wildman–Crippen LogP) is 1.95. The van der Waals surface area contributed by atoms with Crippen LogP contribution in [-0.2, 0) is 20.0 Å². The van der Waals surface area contributed by atoms with Gasteiger partial charge in [-0.3, -0.25) is 4.79 Å². The van der Waals surface area contributed by atoms with Crippen molar-refractivity contribution in [2.24, 2.45) is 7.05 Å². The molecule has 2 aromatic rings. The Hall–Kier alpha value is -2.10. The van der Waals surface area contributed by atoms with E-state index >= 15 is 0 Å². The van der Waals surface area contributed by atoms with Crippen LogP contribution in [0.4, 0.5) is 5.82 Å². The summed E-state index contributed by atoms with van der Waals surface area (Å²) in [7, 11) is 1.71. The first-order valence-electron chi connectivity index (χ1n) is 6.04.